The summed E-state index contributed by atoms with van der Waals surface area (Å²) in [5.74, 6) is 2.36. The van der Waals surface area contributed by atoms with Gasteiger partial charge in [0.25, 0.3) is 0 Å². The molecule has 1 aromatic rings. The normalized spacial score (nSPS) is 18.0. The number of guanidine groups is 1. The molecular formula is C20H36IN7O2. The lowest BCUT2D eigenvalue weighted by molar-refractivity contribution is 0.00928. The van der Waals surface area contributed by atoms with Crippen molar-refractivity contribution in [3.05, 3.63) is 12.2 Å². The van der Waals surface area contributed by atoms with E-state index < -0.39 is 5.60 Å². The molecule has 1 aliphatic heterocycles. The van der Waals surface area contributed by atoms with Crippen molar-refractivity contribution in [3.63, 3.8) is 0 Å². The van der Waals surface area contributed by atoms with E-state index in [4.69, 9.17) is 4.74 Å². The summed E-state index contributed by atoms with van der Waals surface area (Å²) in [7, 11) is 3.68. The highest BCUT2D eigenvalue weighted by molar-refractivity contribution is 14.0. The Kier molecular flexibility index (Phi) is 8.74. The van der Waals surface area contributed by atoms with Crippen molar-refractivity contribution >= 4 is 36.0 Å². The molecule has 0 unspecified atom stereocenters. The number of aryl methyl sites for hydroxylation is 1. The Labute approximate surface area is 196 Å². The maximum atomic E-state index is 12.8. The Morgan fingerprint density at radius 2 is 1.97 bits per heavy atom. The van der Waals surface area contributed by atoms with Crippen molar-refractivity contribution in [2.45, 2.75) is 64.6 Å². The van der Waals surface area contributed by atoms with Crippen LogP contribution in [0.1, 0.15) is 52.3 Å². The number of carbonyl (C=O) groups excluding carboxylic acids is 1. The number of nitrogens with one attached hydrogen (secondary N) is 1. The van der Waals surface area contributed by atoms with E-state index in [0.29, 0.717) is 12.5 Å². The Morgan fingerprint density at radius 1 is 1.30 bits per heavy atom. The van der Waals surface area contributed by atoms with Crippen molar-refractivity contribution in [2.75, 3.05) is 26.7 Å². The third kappa shape index (κ3) is 6.98. The van der Waals surface area contributed by atoms with Crippen LogP contribution in [0, 0.1) is 5.92 Å². The summed E-state index contributed by atoms with van der Waals surface area (Å²) in [4.78, 5) is 25.7. The second-order valence-corrected chi connectivity index (χ2v) is 8.99. The lowest BCUT2D eigenvalue weighted by atomic mass is 10.0. The zero-order valence-corrected chi connectivity index (χ0v) is 21.1. The molecule has 3 rings (SSSR count). The van der Waals surface area contributed by atoms with Gasteiger partial charge in [-0.05, 0) is 52.4 Å². The lowest BCUT2D eigenvalue weighted by Crippen LogP contribution is -2.52. The van der Waals surface area contributed by atoms with Gasteiger partial charge in [0.05, 0.1) is 6.54 Å². The van der Waals surface area contributed by atoms with Gasteiger partial charge in [-0.1, -0.05) is 0 Å². The SMILES string of the molecule is CN=C(NCc1ncnn1C)N1CCC(N(CC2CC2)C(=O)OC(C)(C)C)CC1.I. The van der Waals surface area contributed by atoms with Crippen molar-refractivity contribution in [2.24, 2.45) is 18.0 Å². The van der Waals surface area contributed by atoms with E-state index in [1.165, 1.54) is 12.8 Å². The molecule has 0 spiro atoms. The van der Waals surface area contributed by atoms with E-state index in [-0.39, 0.29) is 36.1 Å². The first-order chi connectivity index (χ1) is 13.8. The number of nitrogens with zero attached hydrogens (tertiary/aromatic N) is 6. The molecule has 1 amide bonds. The summed E-state index contributed by atoms with van der Waals surface area (Å²) in [6.07, 6.45) is 5.64. The standard InChI is InChI=1S/C20H35N7O2.HI/c1-20(2,3)29-19(28)27(13-15-6-7-15)16-8-10-26(11-9-16)18(21-4)22-12-17-23-14-24-25(17)5;/h14-16H,6-13H2,1-5H3,(H,21,22);1H. The minimum Gasteiger partial charge on any atom is -0.444 e. The van der Waals surface area contributed by atoms with E-state index in [2.05, 4.69) is 25.3 Å². The highest BCUT2D eigenvalue weighted by Crippen LogP contribution is 2.32. The molecule has 2 aliphatic rings. The van der Waals surface area contributed by atoms with Gasteiger partial charge in [-0.2, -0.15) is 5.10 Å². The highest BCUT2D eigenvalue weighted by Gasteiger charge is 2.35. The van der Waals surface area contributed by atoms with Crippen LogP contribution < -0.4 is 5.32 Å². The topological polar surface area (TPSA) is 87.9 Å². The predicted molar refractivity (Wildman–Crippen MR) is 127 cm³/mol. The molecule has 0 radical (unpaired) electrons. The van der Waals surface area contributed by atoms with Crippen molar-refractivity contribution in [1.82, 2.24) is 29.9 Å². The van der Waals surface area contributed by atoms with Crippen LogP contribution >= 0.6 is 24.0 Å². The number of piperidine rings is 1. The molecule has 1 saturated carbocycles. The van der Waals surface area contributed by atoms with Crippen molar-refractivity contribution < 1.29 is 9.53 Å². The zero-order valence-electron chi connectivity index (χ0n) is 18.8. The van der Waals surface area contributed by atoms with Gasteiger partial charge in [0.15, 0.2) is 5.96 Å². The highest BCUT2D eigenvalue weighted by atomic mass is 127. The predicted octanol–water partition coefficient (Wildman–Crippen LogP) is 2.62. The van der Waals surface area contributed by atoms with Crippen LogP contribution in [0.3, 0.4) is 0 Å². The van der Waals surface area contributed by atoms with Gasteiger partial charge in [-0.25, -0.2) is 9.78 Å². The van der Waals surface area contributed by atoms with Crippen LogP contribution in [-0.2, 0) is 18.3 Å². The van der Waals surface area contributed by atoms with Crippen LogP contribution in [0.25, 0.3) is 0 Å². The summed E-state index contributed by atoms with van der Waals surface area (Å²) in [6, 6.07) is 0.221. The fourth-order valence-corrected chi connectivity index (χ4v) is 3.63. The summed E-state index contributed by atoms with van der Waals surface area (Å²) < 4.78 is 7.44. The molecule has 1 N–H and O–H groups in total. The average Bonchev–Trinajstić information content (AvgIpc) is 3.40. The van der Waals surface area contributed by atoms with Gasteiger partial charge >= 0.3 is 6.09 Å². The molecule has 170 valence electrons. The van der Waals surface area contributed by atoms with Crippen LogP contribution in [0.2, 0.25) is 0 Å². The largest absolute Gasteiger partial charge is 0.444 e. The molecule has 0 aromatic carbocycles. The number of hydrogen-bond acceptors (Lipinski definition) is 5. The third-order valence-electron chi connectivity index (χ3n) is 5.41. The van der Waals surface area contributed by atoms with Gasteiger partial charge in [0.1, 0.15) is 17.8 Å². The summed E-state index contributed by atoms with van der Waals surface area (Å²) >= 11 is 0. The molecule has 10 heteroatoms. The maximum absolute atomic E-state index is 12.8. The number of carbonyl (C=O) groups is 1. The van der Waals surface area contributed by atoms with Crippen molar-refractivity contribution in [1.29, 1.82) is 0 Å². The lowest BCUT2D eigenvalue weighted by Gasteiger charge is -2.40. The number of halogens is 1. The molecule has 0 atom stereocenters. The van der Waals surface area contributed by atoms with E-state index in [9.17, 15) is 4.79 Å². The van der Waals surface area contributed by atoms with Crippen LogP contribution in [0.4, 0.5) is 4.79 Å². The fraction of sp³-hybridized carbons (Fsp3) is 0.800. The number of amides is 1. The van der Waals surface area contributed by atoms with Gasteiger partial charge in [0, 0.05) is 39.8 Å². The first-order valence-corrected chi connectivity index (χ1v) is 10.5. The second kappa shape index (κ2) is 10.6. The number of aliphatic imine (C=N–C) groups is 1. The number of aromatic nitrogens is 3. The van der Waals surface area contributed by atoms with Gasteiger partial charge in [-0.15, -0.1) is 24.0 Å². The molecule has 2 heterocycles. The van der Waals surface area contributed by atoms with Crippen LogP contribution in [-0.4, -0.2) is 74.9 Å². The van der Waals surface area contributed by atoms with Crippen LogP contribution in [0.5, 0.6) is 0 Å². The van der Waals surface area contributed by atoms with Crippen molar-refractivity contribution in [3.8, 4) is 0 Å². The number of rotatable bonds is 5. The zero-order chi connectivity index (χ0) is 21.0. The summed E-state index contributed by atoms with van der Waals surface area (Å²) in [5, 5.41) is 7.47. The monoisotopic (exact) mass is 533 g/mol. The first-order valence-electron chi connectivity index (χ1n) is 10.5. The summed E-state index contributed by atoms with van der Waals surface area (Å²) in [5.41, 5.74) is -0.467. The number of hydrogen-bond donors (Lipinski definition) is 1. The van der Waals surface area contributed by atoms with Gasteiger partial charge < -0.3 is 19.9 Å². The van der Waals surface area contributed by atoms with E-state index in [1.54, 1.807) is 18.1 Å². The number of likely N-dealkylation sites (tertiary alicyclic amines) is 1. The molecule has 9 nitrogen and oxygen atoms in total. The molecule has 0 bridgehead atoms. The molecule has 1 aromatic heterocycles. The Hall–Kier alpha value is -1.59. The van der Waals surface area contributed by atoms with Gasteiger partial charge in [-0.3, -0.25) is 9.67 Å². The molecule has 1 aliphatic carbocycles. The molecule has 1 saturated heterocycles. The Balaban J connectivity index is 0.00000320. The van der Waals surface area contributed by atoms with E-state index >= 15 is 0 Å². The smallest absolute Gasteiger partial charge is 0.410 e. The fourth-order valence-electron chi connectivity index (χ4n) is 3.63. The van der Waals surface area contributed by atoms with Crippen LogP contribution in [0.15, 0.2) is 11.3 Å². The molecule has 2 fully saturated rings. The minimum atomic E-state index is -0.467. The second-order valence-electron chi connectivity index (χ2n) is 8.99. The van der Waals surface area contributed by atoms with Gasteiger partial charge in [0.2, 0.25) is 0 Å². The van der Waals surface area contributed by atoms with E-state index in [1.807, 2.05) is 32.7 Å². The Bertz CT molecular complexity index is 719. The first kappa shape index (κ1) is 24.7. The molecular weight excluding hydrogens is 497 g/mol. The quantitative estimate of drug-likeness (QED) is 0.356. The Morgan fingerprint density at radius 3 is 2.47 bits per heavy atom. The number of ether oxygens (including phenoxy) is 1. The average molecular weight is 533 g/mol. The minimum absolute atomic E-state index is 0. The van der Waals surface area contributed by atoms with E-state index in [0.717, 1.165) is 44.3 Å². The molecule has 30 heavy (non-hydrogen) atoms. The summed E-state index contributed by atoms with van der Waals surface area (Å²) in [6.45, 7) is 8.88. The third-order valence-corrected chi connectivity index (χ3v) is 5.41. The maximum Gasteiger partial charge on any atom is 0.410 e.